The van der Waals surface area contributed by atoms with E-state index in [1.807, 2.05) is 18.2 Å². The molecule has 0 aliphatic rings. The van der Waals surface area contributed by atoms with Gasteiger partial charge >= 0.3 is 0 Å². The van der Waals surface area contributed by atoms with E-state index in [0.717, 1.165) is 34.2 Å². The van der Waals surface area contributed by atoms with Crippen LogP contribution in [0.3, 0.4) is 0 Å². The van der Waals surface area contributed by atoms with E-state index in [4.69, 9.17) is 27.9 Å². The van der Waals surface area contributed by atoms with Gasteiger partial charge < -0.3 is 10.1 Å². The number of rotatable bonds is 6. The summed E-state index contributed by atoms with van der Waals surface area (Å²) < 4.78 is 34.2. The highest BCUT2D eigenvalue weighted by Gasteiger charge is 2.20. The number of amides is 1. The molecule has 0 saturated carbocycles. The van der Waals surface area contributed by atoms with Gasteiger partial charge in [0.1, 0.15) is 29.3 Å². The molecule has 5 nitrogen and oxygen atoms in total. The van der Waals surface area contributed by atoms with Crippen LogP contribution in [0.1, 0.15) is 31.3 Å². The summed E-state index contributed by atoms with van der Waals surface area (Å²) in [7, 11) is 1.29. The zero-order valence-electron chi connectivity index (χ0n) is 17.8. The molecule has 1 heterocycles. The lowest BCUT2D eigenvalue weighted by atomic mass is 10.1. The highest BCUT2D eigenvalue weighted by molar-refractivity contribution is 7.18. The summed E-state index contributed by atoms with van der Waals surface area (Å²) in [6.07, 6.45) is 0.817. The Balaban J connectivity index is 0.000000271. The zero-order valence-corrected chi connectivity index (χ0v) is 20.1. The number of alkyl halides is 1. The van der Waals surface area contributed by atoms with Gasteiger partial charge in [-0.25, -0.2) is 13.8 Å². The Bertz CT molecular complexity index is 1310. The van der Waals surface area contributed by atoms with Crippen LogP contribution in [0.4, 0.5) is 8.78 Å². The van der Waals surface area contributed by atoms with Crippen molar-refractivity contribution >= 4 is 56.9 Å². The van der Waals surface area contributed by atoms with E-state index < -0.39 is 23.1 Å². The van der Waals surface area contributed by atoms with E-state index in [1.165, 1.54) is 18.4 Å². The number of hydrogen-bond acceptors (Lipinski definition) is 5. The van der Waals surface area contributed by atoms with Crippen LogP contribution >= 0.6 is 34.5 Å². The molecule has 10 heteroatoms. The van der Waals surface area contributed by atoms with Crippen molar-refractivity contribution in [1.29, 1.82) is 0 Å². The third kappa shape index (κ3) is 6.28. The summed E-state index contributed by atoms with van der Waals surface area (Å²) in [6.45, 7) is -0.00724. The van der Waals surface area contributed by atoms with Crippen molar-refractivity contribution in [3.63, 3.8) is 0 Å². The van der Waals surface area contributed by atoms with E-state index in [2.05, 4.69) is 10.3 Å². The number of halogens is 4. The van der Waals surface area contributed by atoms with Crippen LogP contribution in [0.25, 0.3) is 10.2 Å². The highest BCUT2D eigenvalue weighted by atomic mass is 35.5. The Hall–Kier alpha value is -3.07. The first-order valence-corrected chi connectivity index (χ1v) is 11.6. The van der Waals surface area contributed by atoms with Crippen LogP contribution < -0.4 is 10.1 Å². The Morgan fingerprint density at radius 1 is 1.15 bits per heavy atom. The average Bonchev–Trinajstić information content (AvgIpc) is 3.25. The third-order valence-corrected chi connectivity index (χ3v) is 6.08. The molecule has 0 spiro atoms. The summed E-state index contributed by atoms with van der Waals surface area (Å²) >= 11 is 12.8. The summed E-state index contributed by atoms with van der Waals surface area (Å²) in [5.41, 5.74) is 1.77. The lowest BCUT2D eigenvalue weighted by Crippen LogP contribution is -2.21. The second-order valence-corrected chi connectivity index (χ2v) is 8.63. The van der Waals surface area contributed by atoms with Gasteiger partial charge in [-0.3, -0.25) is 9.59 Å². The largest absolute Gasteiger partial charge is 0.483 e. The zero-order chi connectivity index (χ0) is 24.7. The van der Waals surface area contributed by atoms with Gasteiger partial charge in [0.25, 0.3) is 5.91 Å². The predicted octanol–water partition coefficient (Wildman–Crippen LogP) is 6.40. The molecular weight excluding hydrogens is 505 g/mol. The fourth-order valence-corrected chi connectivity index (χ4v) is 4.02. The summed E-state index contributed by atoms with van der Waals surface area (Å²) in [4.78, 5) is 26.1. The number of aromatic nitrogens is 1. The molecule has 1 N–H and O–H groups in total. The first kappa shape index (κ1) is 25.6. The van der Waals surface area contributed by atoms with E-state index >= 15 is 0 Å². The minimum atomic E-state index is -1.04. The number of benzene rings is 3. The molecule has 0 bridgehead atoms. The number of thiazole rings is 1. The van der Waals surface area contributed by atoms with E-state index in [-0.39, 0.29) is 12.4 Å². The molecule has 34 heavy (non-hydrogen) atoms. The molecule has 0 atom stereocenters. The van der Waals surface area contributed by atoms with E-state index in [9.17, 15) is 18.4 Å². The van der Waals surface area contributed by atoms with Crippen LogP contribution in [0.15, 0.2) is 54.6 Å². The maximum absolute atomic E-state index is 14.3. The Morgan fingerprint density at radius 2 is 1.88 bits per heavy atom. The number of nitrogens with zero attached hydrogens (tertiary/aromatic N) is 1. The molecular formula is C24H18Cl2F2N2O3S. The molecule has 0 radical (unpaired) electrons. The standard InChI is InChI=1S/C16H11ClF2N2O2S.C8H7ClO/c1-20-16(22)14-9(18)3-4-11(15(14)19)23-7-13-21-10-6-8(17)2-5-12(10)24-13;9-5-7-1-3-8(6-10)4-2-7/h2-6H,7H2,1H3,(H,20,22);1-4,6H,5H2. The van der Waals surface area contributed by atoms with Crippen LogP contribution in [-0.2, 0) is 12.5 Å². The average molecular weight is 523 g/mol. The first-order chi connectivity index (χ1) is 16.4. The Morgan fingerprint density at radius 3 is 2.53 bits per heavy atom. The predicted molar refractivity (Wildman–Crippen MR) is 130 cm³/mol. The van der Waals surface area contributed by atoms with Gasteiger partial charge in [0, 0.05) is 23.5 Å². The van der Waals surface area contributed by atoms with Crippen LogP contribution in [0, 0.1) is 11.6 Å². The molecule has 0 saturated heterocycles. The number of carbonyl (C=O) groups is 2. The molecule has 4 aromatic rings. The van der Waals surface area contributed by atoms with E-state index in [0.29, 0.717) is 21.5 Å². The molecule has 3 aromatic carbocycles. The van der Waals surface area contributed by atoms with Crippen LogP contribution in [0.2, 0.25) is 5.02 Å². The summed E-state index contributed by atoms with van der Waals surface area (Å²) in [5.74, 6) is -2.57. The SMILES string of the molecule is CNC(=O)c1c(F)ccc(OCc2nc3cc(Cl)ccc3s2)c1F.O=Cc1ccc(CCl)cc1. The number of ether oxygens (including phenoxy) is 1. The number of carbonyl (C=O) groups excluding carboxylic acids is 2. The second-order valence-electron chi connectivity index (χ2n) is 6.82. The van der Waals surface area contributed by atoms with Gasteiger partial charge in [-0.1, -0.05) is 35.9 Å². The lowest BCUT2D eigenvalue weighted by Gasteiger charge is -2.09. The Labute approximate surface area is 208 Å². The van der Waals surface area contributed by atoms with Gasteiger partial charge in [-0.2, -0.15) is 0 Å². The maximum Gasteiger partial charge on any atom is 0.257 e. The molecule has 4 rings (SSSR count). The number of aldehydes is 1. The minimum absolute atomic E-state index is 0.00724. The van der Waals surface area contributed by atoms with Gasteiger partial charge in [0.05, 0.1) is 10.2 Å². The minimum Gasteiger partial charge on any atom is -0.483 e. The van der Waals surface area contributed by atoms with Crippen molar-refractivity contribution in [1.82, 2.24) is 10.3 Å². The Kier molecular flexibility index (Phi) is 8.92. The lowest BCUT2D eigenvalue weighted by molar-refractivity contribution is 0.0953. The van der Waals surface area contributed by atoms with Gasteiger partial charge in [0.15, 0.2) is 11.6 Å². The highest BCUT2D eigenvalue weighted by Crippen LogP contribution is 2.28. The molecule has 0 unspecified atom stereocenters. The van der Waals surface area contributed by atoms with Gasteiger partial charge in [0.2, 0.25) is 0 Å². The molecule has 176 valence electrons. The normalized spacial score (nSPS) is 10.4. The fraction of sp³-hybridized carbons (Fsp3) is 0.125. The number of hydrogen-bond donors (Lipinski definition) is 1. The number of fused-ring (bicyclic) bond motifs is 1. The van der Waals surface area contributed by atoms with Crippen molar-refractivity contribution in [2.75, 3.05) is 7.05 Å². The molecule has 1 aromatic heterocycles. The van der Waals surface area contributed by atoms with Crippen LogP contribution in [-0.4, -0.2) is 24.2 Å². The van der Waals surface area contributed by atoms with Gasteiger partial charge in [-0.05, 0) is 35.9 Å². The van der Waals surface area contributed by atoms with Crippen molar-refractivity contribution in [3.8, 4) is 5.75 Å². The smallest absolute Gasteiger partial charge is 0.257 e. The van der Waals surface area contributed by atoms with E-state index in [1.54, 1.807) is 24.3 Å². The van der Waals surface area contributed by atoms with Crippen molar-refractivity contribution in [2.24, 2.45) is 0 Å². The maximum atomic E-state index is 14.3. The molecule has 0 fully saturated rings. The molecule has 0 aliphatic carbocycles. The van der Waals surface area contributed by atoms with Crippen LogP contribution in [0.5, 0.6) is 5.75 Å². The third-order valence-electron chi connectivity index (χ3n) is 4.52. The van der Waals surface area contributed by atoms with Crippen molar-refractivity contribution < 1.29 is 23.1 Å². The van der Waals surface area contributed by atoms with Crippen molar-refractivity contribution in [3.05, 3.63) is 93.0 Å². The number of nitrogens with one attached hydrogen (secondary N) is 1. The molecule has 0 aliphatic heterocycles. The molecule has 1 amide bonds. The van der Waals surface area contributed by atoms with Crippen molar-refractivity contribution in [2.45, 2.75) is 12.5 Å². The summed E-state index contributed by atoms with van der Waals surface area (Å²) in [6, 6.07) is 14.6. The monoisotopic (exact) mass is 522 g/mol. The topological polar surface area (TPSA) is 68.3 Å². The quantitative estimate of drug-likeness (QED) is 0.235. The fourth-order valence-electron chi connectivity index (χ4n) is 2.81. The van der Waals surface area contributed by atoms with Gasteiger partial charge in [-0.15, -0.1) is 22.9 Å². The second kappa shape index (κ2) is 11.9. The summed E-state index contributed by atoms with van der Waals surface area (Å²) in [5, 5.41) is 3.37. The first-order valence-electron chi connectivity index (χ1n) is 9.84.